The van der Waals surface area contributed by atoms with Crippen LogP contribution in [0.2, 0.25) is 19.6 Å². The first-order chi connectivity index (χ1) is 31.5. The predicted molar refractivity (Wildman–Crippen MR) is 295 cm³/mol. The number of anilines is 2. The summed E-state index contributed by atoms with van der Waals surface area (Å²) in [4.78, 5) is 4.95. The fourth-order valence-corrected chi connectivity index (χ4v) is 8.92. The second-order valence-electron chi connectivity index (χ2n) is 17.8. The van der Waals surface area contributed by atoms with Crippen LogP contribution in [0.5, 0.6) is 0 Å². The summed E-state index contributed by atoms with van der Waals surface area (Å²) >= 11 is 10.1. The van der Waals surface area contributed by atoms with Gasteiger partial charge < -0.3 is 15.1 Å². The summed E-state index contributed by atoms with van der Waals surface area (Å²) in [6.07, 6.45) is 18.1. The van der Waals surface area contributed by atoms with Gasteiger partial charge in [-0.1, -0.05) is 164 Å². The summed E-state index contributed by atoms with van der Waals surface area (Å²) in [5.41, 5.74) is 10.8. The van der Waals surface area contributed by atoms with Gasteiger partial charge in [0.25, 0.3) is 0 Å². The molecule has 0 radical (unpaired) electrons. The summed E-state index contributed by atoms with van der Waals surface area (Å²) in [5, 5.41) is 3.38. The maximum absolute atomic E-state index is 5.40. The summed E-state index contributed by atoms with van der Waals surface area (Å²) in [5.74, 6) is 4.90. The van der Waals surface area contributed by atoms with Crippen molar-refractivity contribution in [3.8, 4) is 24.3 Å². The van der Waals surface area contributed by atoms with Crippen LogP contribution in [0.25, 0.3) is 0 Å². The lowest BCUT2D eigenvalue weighted by atomic mass is 9.89. The largest absolute Gasteiger partial charge is 0.371 e. The van der Waals surface area contributed by atoms with Crippen LogP contribution in [0.1, 0.15) is 78.5 Å². The zero-order chi connectivity index (χ0) is 46.3. The third-order valence-electron chi connectivity index (χ3n) is 12.0. The molecule has 0 bridgehead atoms. The highest BCUT2D eigenvalue weighted by molar-refractivity contribution is 9.11. The number of nitrogens with one attached hydrogen (secondary N) is 1. The van der Waals surface area contributed by atoms with Crippen molar-refractivity contribution in [1.29, 1.82) is 0 Å². The Hall–Kier alpha value is -4.34. The van der Waals surface area contributed by atoms with Gasteiger partial charge in [0.1, 0.15) is 8.07 Å². The van der Waals surface area contributed by atoms with Crippen molar-refractivity contribution in [1.82, 2.24) is 5.32 Å². The number of rotatable bonds is 5. The molecule has 6 aromatic rings. The SMILES string of the molecule is Brc1ccc(Br)cc1.Brc1ccc(N2CCC(c3ccccc3)CC2)cc1.C#C[Si](C)(C)C.C#Cc1ccc(N2CCC(c3ccccc3)CC2)cc1.c1ccc(C2CCNCC2)cc1. The molecule has 7 heteroatoms. The van der Waals surface area contributed by atoms with E-state index >= 15 is 0 Å². The average molecular weight is 1070 g/mol. The van der Waals surface area contributed by atoms with Crippen LogP contribution < -0.4 is 15.1 Å². The standard InChI is InChI=1S/C19H19N.C17H18BrN.C11H15N.C6H4Br2.C5H10Si/c1-2-16-8-10-19(11-9-16)20-14-12-18(13-15-20)17-6-4-3-5-7-17;18-16-6-8-17(9-7-16)19-12-10-15(11-13-19)14-4-2-1-3-5-14;1-2-4-10(5-3-1)11-6-8-12-9-7-11;7-5-1-2-6(8)4-3-5;1-5-6(2,3)4/h1,3-11,18H,12-15H2;1-9,15H,10-13H2;1-5,11-12H,6-9H2;1-4H;1H,2-4H3. The highest BCUT2D eigenvalue weighted by Gasteiger charge is 2.22. The Kier molecular flexibility index (Phi) is 22.2. The Morgan fingerprint density at radius 3 is 1.05 bits per heavy atom. The summed E-state index contributed by atoms with van der Waals surface area (Å²) < 4.78 is 3.37. The molecule has 0 atom stereocenters. The van der Waals surface area contributed by atoms with Crippen LogP contribution in [0.15, 0.2) is 177 Å². The van der Waals surface area contributed by atoms with Gasteiger partial charge in [-0.15, -0.1) is 18.4 Å². The number of terminal acetylenes is 2. The van der Waals surface area contributed by atoms with Crippen molar-refractivity contribution in [2.24, 2.45) is 0 Å². The van der Waals surface area contributed by atoms with Crippen LogP contribution >= 0.6 is 47.8 Å². The molecule has 3 saturated heterocycles. The molecule has 3 nitrogen and oxygen atoms in total. The summed E-state index contributed by atoms with van der Waals surface area (Å²) in [6.45, 7) is 13.3. The molecule has 0 aromatic heterocycles. The molecule has 6 aromatic carbocycles. The fraction of sp³-hybridized carbons (Fsp3) is 0.310. The van der Waals surface area contributed by atoms with E-state index in [-0.39, 0.29) is 0 Å². The van der Waals surface area contributed by atoms with Gasteiger partial charge in [-0.3, -0.25) is 0 Å². The van der Waals surface area contributed by atoms with E-state index in [2.05, 4.69) is 221 Å². The first kappa shape index (κ1) is 51.6. The van der Waals surface area contributed by atoms with Gasteiger partial charge in [-0.25, -0.2) is 0 Å². The van der Waals surface area contributed by atoms with E-state index in [4.69, 9.17) is 12.8 Å². The van der Waals surface area contributed by atoms with Crippen LogP contribution in [0.4, 0.5) is 11.4 Å². The maximum atomic E-state index is 5.40. The smallest absolute Gasteiger partial charge is 0.128 e. The second kappa shape index (κ2) is 28.0. The van der Waals surface area contributed by atoms with E-state index in [9.17, 15) is 0 Å². The molecule has 0 saturated carbocycles. The van der Waals surface area contributed by atoms with E-state index < -0.39 is 8.07 Å². The van der Waals surface area contributed by atoms with Crippen LogP contribution in [0, 0.1) is 24.3 Å². The van der Waals surface area contributed by atoms with Crippen LogP contribution in [-0.4, -0.2) is 47.3 Å². The first-order valence-electron chi connectivity index (χ1n) is 23.1. The lowest BCUT2D eigenvalue weighted by Crippen LogP contribution is -2.32. The second-order valence-corrected chi connectivity index (χ2v) is 25.3. The number of piperidine rings is 3. The summed E-state index contributed by atoms with van der Waals surface area (Å²) in [7, 11) is -1.10. The zero-order valence-electron chi connectivity index (χ0n) is 38.5. The Bertz CT molecular complexity index is 2260. The lowest BCUT2D eigenvalue weighted by molar-refractivity contribution is 0.460. The molecule has 9 rings (SSSR count). The van der Waals surface area contributed by atoms with E-state index in [1.807, 2.05) is 36.4 Å². The van der Waals surface area contributed by atoms with Crippen molar-refractivity contribution in [2.75, 3.05) is 49.1 Å². The topological polar surface area (TPSA) is 18.5 Å². The lowest BCUT2D eigenvalue weighted by Gasteiger charge is -2.34. The van der Waals surface area contributed by atoms with Crippen molar-refractivity contribution < 1.29 is 0 Å². The Morgan fingerprint density at radius 1 is 0.446 bits per heavy atom. The van der Waals surface area contributed by atoms with Crippen molar-refractivity contribution >= 4 is 67.2 Å². The van der Waals surface area contributed by atoms with Crippen molar-refractivity contribution in [3.63, 3.8) is 0 Å². The molecular weight excluding hydrogens is 1010 g/mol. The van der Waals surface area contributed by atoms with Crippen LogP contribution in [-0.2, 0) is 0 Å². The molecule has 1 N–H and O–H groups in total. The average Bonchev–Trinajstić information content (AvgIpc) is 3.37. The predicted octanol–water partition coefficient (Wildman–Crippen LogP) is 15.7. The molecular formula is C58H66Br3N3Si. The van der Waals surface area contributed by atoms with Crippen LogP contribution in [0.3, 0.4) is 0 Å². The minimum atomic E-state index is -1.10. The summed E-state index contributed by atoms with van der Waals surface area (Å²) in [6, 6.07) is 57.6. The van der Waals surface area contributed by atoms with Crippen molar-refractivity contribution in [2.45, 2.75) is 75.9 Å². The van der Waals surface area contributed by atoms with Gasteiger partial charge in [-0.2, -0.15) is 0 Å². The molecule has 3 fully saturated rings. The van der Waals surface area contributed by atoms with Gasteiger partial charge in [-0.05, 0) is 159 Å². The third-order valence-corrected chi connectivity index (χ3v) is 14.4. The monoisotopic (exact) mass is 1070 g/mol. The molecule has 0 unspecified atom stereocenters. The highest BCUT2D eigenvalue weighted by Crippen LogP contribution is 2.32. The van der Waals surface area contributed by atoms with Gasteiger partial charge >= 0.3 is 0 Å². The van der Waals surface area contributed by atoms with E-state index in [1.165, 1.54) is 79.7 Å². The normalized spacial score (nSPS) is 15.4. The maximum Gasteiger partial charge on any atom is 0.128 e. The number of hydrogen-bond donors (Lipinski definition) is 1. The number of nitrogens with zero attached hydrogens (tertiary/aromatic N) is 2. The Balaban J connectivity index is 0.000000163. The molecule has 3 aliphatic heterocycles. The Morgan fingerprint density at radius 2 is 0.738 bits per heavy atom. The minimum absolute atomic E-state index is 0.706. The zero-order valence-corrected chi connectivity index (χ0v) is 44.2. The van der Waals surface area contributed by atoms with E-state index in [0.717, 1.165) is 57.0 Å². The molecule has 0 amide bonds. The van der Waals surface area contributed by atoms with E-state index in [0.29, 0.717) is 5.92 Å². The number of halogens is 3. The molecule has 3 aliphatic rings. The molecule has 338 valence electrons. The van der Waals surface area contributed by atoms with Gasteiger partial charge in [0.2, 0.25) is 0 Å². The molecule has 0 aliphatic carbocycles. The first-order valence-corrected chi connectivity index (χ1v) is 29.0. The fourth-order valence-electron chi connectivity index (χ4n) is 8.12. The Labute approximate surface area is 418 Å². The minimum Gasteiger partial charge on any atom is -0.371 e. The van der Waals surface area contributed by atoms with Gasteiger partial charge in [0.05, 0.1) is 0 Å². The van der Waals surface area contributed by atoms with Gasteiger partial charge in [0.15, 0.2) is 0 Å². The quantitative estimate of drug-likeness (QED) is 0.137. The molecule has 65 heavy (non-hydrogen) atoms. The van der Waals surface area contributed by atoms with Gasteiger partial charge in [0, 0.05) is 56.5 Å². The van der Waals surface area contributed by atoms with Crippen molar-refractivity contribution in [3.05, 3.63) is 199 Å². The molecule has 3 heterocycles. The number of benzene rings is 6. The van der Waals surface area contributed by atoms with E-state index in [1.54, 1.807) is 0 Å². The third kappa shape index (κ3) is 18.8. The molecule has 0 spiro atoms. The highest BCUT2D eigenvalue weighted by atomic mass is 79.9. The number of hydrogen-bond acceptors (Lipinski definition) is 3.